The second-order valence-electron chi connectivity index (χ2n) is 6.47. The Labute approximate surface area is 109 Å². The molecule has 3 aliphatic rings. The third-order valence-electron chi connectivity index (χ3n) is 4.92. The lowest BCUT2D eigenvalue weighted by Gasteiger charge is -2.29. The fourth-order valence-electron chi connectivity index (χ4n) is 3.83. The SMILES string of the molecule is CC1CC(NC2CCCC2)(C(=O)O)CN1C1CC1. The van der Waals surface area contributed by atoms with Crippen molar-refractivity contribution in [2.45, 2.75) is 75.5 Å². The lowest BCUT2D eigenvalue weighted by atomic mass is 9.95. The van der Waals surface area contributed by atoms with Gasteiger partial charge in [0, 0.05) is 24.7 Å². The molecule has 0 amide bonds. The number of likely N-dealkylation sites (tertiary alicyclic amines) is 1. The normalized spacial score (nSPS) is 38.4. The van der Waals surface area contributed by atoms with Gasteiger partial charge in [0.2, 0.25) is 0 Å². The van der Waals surface area contributed by atoms with Crippen molar-refractivity contribution in [2.75, 3.05) is 6.54 Å². The minimum atomic E-state index is -0.684. The van der Waals surface area contributed by atoms with Crippen molar-refractivity contribution >= 4 is 5.97 Å². The van der Waals surface area contributed by atoms with Gasteiger partial charge in [0.1, 0.15) is 5.54 Å². The van der Waals surface area contributed by atoms with Crippen molar-refractivity contribution in [3.63, 3.8) is 0 Å². The Morgan fingerprint density at radius 1 is 1.28 bits per heavy atom. The van der Waals surface area contributed by atoms with Gasteiger partial charge in [-0.2, -0.15) is 0 Å². The highest BCUT2D eigenvalue weighted by atomic mass is 16.4. The molecule has 0 bridgehead atoms. The zero-order valence-electron chi connectivity index (χ0n) is 11.2. The molecule has 4 heteroatoms. The summed E-state index contributed by atoms with van der Waals surface area (Å²) < 4.78 is 0. The van der Waals surface area contributed by atoms with Crippen LogP contribution in [0.15, 0.2) is 0 Å². The molecule has 2 N–H and O–H groups in total. The number of carboxylic acids is 1. The molecule has 3 rings (SSSR count). The number of hydrogen-bond acceptors (Lipinski definition) is 3. The zero-order chi connectivity index (χ0) is 12.8. The molecular weight excluding hydrogens is 228 g/mol. The number of carboxylic acid groups (broad SMARTS) is 1. The second kappa shape index (κ2) is 4.49. The van der Waals surface area contributed by atoms with Gasteiger partial charge < -0.3 is 5.11 Å². The highest BCUT2D eigenvalue weighted by Gasteiger charge is 2.52. The third kappa shape index (κ3) is 2.16. The maximum Gasteiger partial charge on any atom is 0.325 e. The van der Waals surface area contributed by atoms with Crippen LogP contribution in [0, 0.1) is 0 Å². The van der Waals surface area contributed by atoms with E-state index in [0.717, 1.165) is 19.3 Å². The summed E-state index contributed by atoms with van der Waals surface area (Å²) in [6.07, 6.45) is 8.05. The van der Waals surface area contributed by atoms with Gasteiger partial charge in [0.05, 0.1) is 0 Å². The molecule has 2 saturated carbocycles. The van der Waals surface area contributed by atoms with E-state index >= 15 is 0 Å². The predicted octanol–water partition coefficient (Wildman–Crippen LogP) is 1.60. The van der Waals surface area contributed by atoms with Crippen LogP contribution in [-0.2, 0) is 4.79 Å². The Balaban J connectivity index is 1.72. The molecule has 4 nitrogen and oxygen atoms in total. The first-order valence-corrected chi connectivity index (χ1v) is 7.37. The summed E-state index contributed by atoms with van der Waals surface area (Å²) in [5, 5.41) is 13.2. The topological polar surface area (TPSA) is 52.6 Å². The van der Waals surface area contributed by atoms with E-state index in [1.165, 1.54) is 25.7 Å². The molecule has 2 aliphatic carbocycles. The molecule has 1 heterocycles. The van der Waals surface area contributed by atoms with Crippen LogP contribution in [0.3, 0.4) is 0 Å². The Bertz CT molecular complexity index is 333. The van der Waals surface area contributed by atoms with E-state index in [9.17, 15) is 9.90 Å². The number of rotatable bonds is 4. The average Bonchev–Trinajstić information content (AvgIpc) is 2.93. The molecule has 18 heavy (non-hydrogen) atoms. The van der Waals surface area contributed by atoms with Gasteiger partial charge in [0.25, 0.3) is 0 Å². The van der Waals surface area contributed by atoms with E-state index in [1.54, 1.807) is 0 Å². The largest absolute Gasteiger partial charge is 0.480 e. The van der Waals surface area contributed by atoms with Crippen molar-refractivity contribution in [3.05, 3.63) is 0 Å². The van der Waals surface area contributed by atoms with Gasteiger partial charge in [-0.05, 0) is 39.0 Å². The molecular formula is C14H24N2O2. The Morgan fingerprint density at radius 3 is 2.50 bits per heavy atom. The van der Waals surface area contributed by atoms with Gasteiger partial charge >= 0.3 is 5.97 Å². The highest BCUT2D eigenvalue weighted by Crippen LogP contribution is 2.38. The van der Waals surface area contributed by atoms with Crippen LogP contribution in [0.4, 0.5) is 0 Å². The summed E-state index contributed by atoms with van der Waals surface area (Å²) >= 11 is 0. The molecule has 0 spiro atoms. The average molecular weight is 252 g/mol. The van der Waals surface area contributed by atoms with Gasteiger partial charge in [-0.1, -0.05) is 12.8 Å². The number of aliphatic carboxylic acids is 1. The second-order valence-corrected chi connectivity index (χ2v) is 6.47. The molecule has 1 aliphatic heterocycles. The van der Waals surface area contributed by atoms with Crippen molar-refractivity contribution in [3.8, 4) is 0 Å². The molecule has 1 saturated heterocycles. The molecule has 2 unspecified atom stereocenters. The van der Waals surface area contributed by atoms with Crippen molar-refractivity contribution in [1.29, 1.82) is 0 Å². The van der Waals surface area contributed by atoms with Gasteiger partial charge in [-0.25, -0.2) is 0 Å². The Hall–Kier alpha value is -0.610. The summed E-state index contributed by atoms with van der Waals surface area (Å²) in [5.74, 6) is -0.649. The minimum Gasteiger partial charge on any atom is -0.480 e. The first-order valence-electron chi connectivity index (χ1n) is 7.37. The number of nitrogens with one attached hydrogen (secondary N) is 1. The molecule has 2 atom stereocenters. The van der Waals surface area contributed by atoms with Crippen LogP contribution in [0.5, 0.6) is 0 Å². The van der Waals surface area contributed by atoms with Crippen LogP contribution in [0.2, 0.25) is 0 Å². The van der Waals surface area contributed by atoms with E-state index in [4.69, 9.17) is 0 Å². The summed E-state index contributed by atoms with van der Waals surface area (Å²) in [6.45, 7) is 2.88. The monoisotopic (exact) mass is 252 g/mol. The first kappa shape index (κ1) is 12.4. The predicted molar refractivity (Wildman–Crippen MR) is 69.6 cm³/mol. The van der Waals surface area contributed by atoms with Crippen molar-refractivity contribution in [1.82, 2.24) is 10.2 Å². The molecule has 0 aromatic heterocycles. The summed E-state index contributed by atoms with van der Waals surface area (Å²) in [5.41, 5.74) is -0.684. The Morgan fingerprint density at radius 2 is 1.94 bits per heavy atom. The smallest absolute Gasteiger partial charge is 0.325 e. The van der Waals surface area contributed by atoms with Gasteiger partial charge in [-0.15, -0.1) is 0 Å². The van der Waals surface area contributed by atoms with E-state index in [1.807, 2.05) is 0 Å². The maximum atomic E-state index is 11.8. The summed E-state index contributed by atoms with van der Waals surface area (Å²) in [6, 6.07) is 1.49. The van der Waals surface area contributed by atoms with E-state index in [2.05, 4.69) is 17.1 Å². The first-order chi connectivity index (χ1) is 8.61. The number of hydrogen-bond donors (Lipinski definition) is 2. The summed E-state index contributed by atoms with van der Waals surface area (Å²) in [7, 11) is 0. The highest BCUT2D eigenvalue weighted by molar-refractivity contribution is 5.80. The van der Waals surface area contributed by atoms with Gasteiger partial charge in [-0.3, -0.25) is 15.0 Å². The van der Waals surface area contributed by atoms with E-state index in [-0.39, 0.29) is 0 Å². The quantitative estimate of drug-likeness (QED) is 0.798. The number of nitrogens with zero attached hydrogens (tertiary/aromatic N) is 1. The molecule has 102 valence electrons. The van der Waals surface area contributed by atoms with E-state index < -0.39 is 11.5 Å². The zero-order valence-corrected chi connectivity index (χ0v) is 11.2. The minimum absolute atomic E-state index is 0.405. The molecule has 0 aromatic carbocycles. The van der Waals surface area contributed by atoms with Gasteiger partial charge in [0.15, 0.2) is 0 Å². The molecule has 0 aromatic rings. The fraction of sp³-hybridized carbons (Fsp3) is 0.929. The fourth-order valence-corrected chi connectivity index (χ4v) is 3.83. The van der Waals surface area contributed by atoms with Crippen molar-refractivity contribution < 1.29 is 9.90 Å². The lowest BCUT2D eigenvalue weighted by molar-refractivity contribution is -0.144. The van der Waals surface area contributed by atoms with Crippen LogP contribution in [0.1, 0.15) is 51.9 Å². The Kier molecular flexibility index (Phi) is 3.10. The van der Waals surface area contributed by atoms with Crippen LogP contribution >= 0.6 is 0 Å². The lowest BCUT2D eigenvalue weighted by Crippen LogP contribution is -2.57. The maximum absolute atomic E-state index is 11.8. The molecule has 0 radical (unpaired) electrons. The van der Waals surface area contributed by atoms with Crippen LogP contribution in [0.25, 0.3) is 0 Å². The third-order valence-corrected chi connectivity index (χ3v) is 4.92. The van der Waals surface area contributed by atoms with Crippen molar-refractivity contribution in [2.24, 2.45) is 0 Å². The van der Waals surface area contributed by atoms with E-state index in [0.29, 0.717) is 24.7 Å². The van der Waals surface area contributed by atoms with Crippen LogP contribution < -0.4 is 5.32 Å². The summed E-state index contributed by atoms with van der Waals surface area (Å²) in [4.78, 5) is 14.2. The number of carbonyl (C=O) groups is 1. The molecule has 3 fully saturated rings. The standard InChI is InChI=1S/C14H24N2O2/c1-10-8-14(13(17)18,9-16(10)12-6-7-12)15-11-4-2-3-5-11/h10-12,15H,2-9H2,1H3,(H,17,18). The van der Waals surface area contributed by atoms with Crippen LogP contribution in [-0.4, -0.2) is 46.2 Å².